The molecule has 1 saturated heterocycles. The maximum atomic E-state index is 6.12. The van der Waals surface area contributed by atoms with E-state index in [4.69, 9.17) is 14.2 Å². The average molecular weight is 288 g/mol. The summed E-state index contributed by atoms with van der Waals surface area (Å²) in [5.74, 6) is -0.270. The molecule has 114 valence electrons. The zero-order valence-electron chi connectivity index (χ0n) is 12.6. The molecular weight excluding hydrogens is 264 g/mol. The fourth-order valence-electron chi connectivity index (χ4n) is 3.91. The highest BCUT2D eigenvalue weighted by Gasteiger charge is 2.40. The summed E-state index contributed by atoms with van der Waals surface area (Å²) in [4.78, 5) is 0. The summed E-state index contributed by atoms with van der Waals surface area (Å²) in [6.45, 7) is 2.24. The molecule has 1 aliphatic heterocycles. The van der Waals surface area contributed by atoms with Crippen LogP contribution in [0.3, 0.4) is 0 Å². The van der Waals surface area contributed by atoms with E-state index in [1.165, 1.54) is 36.0 Å². The Hall–Kier alpha value is -0.900. The van der Waals surface area contributed by atoms with Crippen LogP contribution in [0.4, 0.5) is 0 Å². The Balaban J connectivity index is 1.29. The zero-order valence-corrected chi connectivity index (χ0v) is 12.6. The first kappa shape index (κ1) is 13.7. The fourth-order valence-corrected chi connectivity index (χ4v) is 3.91. The van der Waals surface area contributed by atoms with Crippen LogP contribution in [-0.2, 0) is 33.7 Å². The summed E-state index contributed by atoms with van der Waals surface area (Å²) in [6.07, 6.45) is 8.20. The minimum absolute atomic E-state index is 0.270. The van der Waals surface area contributed by atoms with Crippen LogP contribution < -0.4 is 0 Å². The van der Waals surface area contributed by atoms with Gasteiger partial charge in [0.1, 0.15) is 0 Å². The van der Waals surface area contributed by atoms with E-state index in [1.54, 1.807) is 0 Å². The number of aryl methyl sites for hydroxylation is 2. The highest BCUT2D eigenvalue weighted by atomic mass is 16.7. The van der Waals surface area contributed by atoms with Crippen LogP contribution in [0.2, 0.25) is 0 Å². The normalized spacial score (nSPS) is 24.6. The van der Waals surface area contributed by atoms with Gasteiger partial charge in [0.25, 0.3) is 0 Å². The number of fused-ring (bicyclic) bond motifs is 1. The van der Waals surface area contributed by atoms with Gasteiger partial charge >= 0.3 is 0 Å². The third kappa shape index (κ3) is 2.87. The smallest absolute Gasteiger partial charge is 0.168 e. The van der Waals surface area contributed by atoms with Gasteiger partial charge in [0.2, 0.25) is 0 Å². The van der Waals surface area contributed by atoms with Gasteiger partial charge in [-0.1, -0.05) is 18.2 Å². The average Bonchev–Trinajstić information content (AvgIpc) is 3.16. The second-order valence-electron chi connectivity index (χ2n) is 6.57. The minimum atomic E-state index is -0.270. The topological polar surface area (TPSA) is 27.7 Å². The molecule has 1 saturated carbocycles. The maximum Gasteiger partial charge on any atom is 0.168 e. The van der Waals surface area contributed by atoms with Crippen LogP contribution in [0.25, 0.3) is 0 Å². The third-order valence-electron chi connectivity index (χ3n) is 5.16. The summed E-state index contributed by atoms with van der Waals surface area (Å²) in [6, 6.07) is 6.87. The molecule has 1 aromatic carbocycles. The highest BCUT2D eigenvalue weighted by Crippen LogP contribution is 2.37. The SMILES string of the molecule is c1cc2c(cc1COC1CCC3(CC1)OCCO3)CCC2. The lowest BCUT2D eigenvalue weighted by molar-refractivity contribution is -0.192. The van der Waals surface area contributed by atoms with Crippen LogP contribution in [0.5, 0.6) is 0 Å². The van der Waals surface area contributed by atoms with Crippen molar-refractivity contribution in [1.29, 1.82) is 0 Å². The Labute approximate surface area is 126 Å². The van der Waals surface area contributed by atoms with Crippen LogP contribution in [0, 0.1) is 0 Å². The largest absolute Gasteiger partial charge is 0.374 e. The van der Waals surface area contributed by atoms with Crippen molar-refractivity contribution in [3.05, 3.63) is 34.9 Å². The molecule has 2 aliphatic carbocycles. The lowest BCUT2D eigenvalue weighted by Crippen LogP contribution is -2.37. The predicted molar refractivity (Wildman–Crippen MR) is 80.1 cm³/mol. The van der Waals surface area contributed by atoms with E-state index in [9.17, 15) is 0 Å². The number of benzene rings is 1. The molecule has 4 rings (SSSR count). The van der Waals surface area contributed by atoms with E-state index in [0.717, 1.165) is 45.5 Å². The molecule has 1 heterocycles. The van der Waals surface area contributed by atoms with Gasteiger partial charge in [0, 0.05) is 12.8 Å². The number of rotatable bonds is 3. The van der Waals surface area contributed by atoms with Crippen molar-refractivity contribution < 1.29 is 14.2 Å². The molecule has 0 N–H and O–H groups in total. The van der Waals surface area contributed by atoms with E-state index in [0.29, 0.717) is 6.10 Å². The van der Waals surface area contributed by atoms with Crippen molar-refractivity contribution in [3.63, 3.8) is 0 Å². The van der Waals surface area contributed by atoms with Gasteiger partial charge in [0.15, 0.2) is 5.79 Å². The highest BCUT2D eigenvalue weighted by molar-refractivity contribution is 5.35. The molecule has 0 radical (unpaired) electrons. The number of ether oxygens (including phenoxy) is 3. The van der Waals surface area contributed by atoms with Crippen molar-refractivity contribution in [3.8, 4) is 0 Å². The molecule has 2 fully saturated rings. The van der Waals surface area contributed by atoms with Crippen LogP contribution in [0.1, 0.15) is 48.8 Å². The molecule has 0 atom stereocenters. The molecule has 3 nitrogen and oxygen atoms in total. The lowest BCUT2D eigenvalue weighted by atomic mass is 9.92. The molecule has 0 unspecified atom stereocenters. The zero-order chi connectivity index (χ0) is 14.1. The van der Waals surface area contributed by atoms with Crippen molar-refractivity contribution in [2.24, 2.45) is 0 Å². The van der Waals surface area contributed by atoms with Crippen molar-refractivity contribution in [1.82, 2.24) is 0 Å². The van der Waals surface area contributed by atoms with Crippen molar-refractivity contribution in [2.75, 3.05) is 13.2 Å². The first-order chi connectivity index (χ1) is 10.3. The van der Waals surface area contributed by atoms with Crippen molar-refractivity contribution in [2.45, 2.75) is 63.4 Å². The molecule has 3 heteroatoms. The van der Waals surface area contributed by atoms with Gasteiger partial charge in [-0.25, -0.2) is 0 Å². The minimum Gasteiger partial charge on any atom is -0.374 e. The van der Waals surface area contributed by atoms with E-state index in [1.807, 2.05) is 0 Å². The van der Waals surface area contributed by atoms with E-state index in [-0.39, 0.29) is 5.79 Å². The summed E-state index contributed by atoms with van der Waals surface area (Å²) in [5.41, 5.74) is 4.39. The first-order valence-corrected chi connectivity index (χ1v) is 8.33. The number of hydrogen-bond acceptors (Lipinski definition) is 3. The van der Waals surface area contributed by atoms with Gasteiger partial charge in [-0.15, -0.1) is 0 Å². The van der Waals surface area contributed by atoms with Crippen LogP contribution >= 0.6 is 0 Å². The quantitative estimate of drug-likeness (QED) is 0.853. The first-order valence-electron chi connectivity index (χ1n) is 8.33. The van der Waals surface area contributed by atoms with Crippen LogP contribution in [-0.4, -0.2) is 25.1 Å². The molecular formula is C18H24O3. The molecule has 0 aromatic heterocycles. The van der Waals surface area contributed by atoms with E-state index >= 15 is 0 Å². The Morgan fingerprint density at radius 2 is 1.81 bits per heavy atom. The molecule has 21 heavy (non-hydrogen) atoms. The van der Waals surface area contributed by atoms with Gasteiger partial charge in [-0.05, 0) is 48.8 Å². The monoisotopic (exact) mass is 288 g/mol. The Bertz CT molecular complexity index is 495. The molecule has 3 aliphatic rings. The molecule has 1 spiro atoms. The van der Waals surface area contributed by atoms with Gasteiger partial charge < -0.3 is 14.2 Å². The molecule has 0 amide bonds. The Morgan fingerprint density at radius 1 is 1.05 bits per heavy atom. The Kier molecular flexibility index (Phi) is 3.74. The van der Waals surface area contributed by atoms with Crippen molar-refractivity contribution >= 4 is 0 Å². The summed E-state index contributed by atoms with van der Waals surface area (Å²) < 4.78 is 17.7. The summed E-state index contributed by atoms with van der Waals surface area (Å²) in [5, 5.41) is 0. The molecule has 0 bridgehead atoms. The Morgan fingerprint density at radius 3 is 2.62 bits per heavy atom. The lowest BCUT2D eigenvalue weighted by Gasteiger charge is -2.35. The molecule has 1 aromatic rings. The van der Waals surface area contributed by atoms with Gasteiger partial charge in [0.05, 0.1) is 25.9 Å². The van der Waals surface area contributed by atoms with E-state index < -0.39 is 0 Å². The maximum absolute atomic E-state index is 6.12. The fraction of sp³-hybridized carbons (Fsp3) is 0.667. The van der Waals surface area contributed by atoms with E-state index in [2.05, 4.69) is 18.2 Å². The number of hydrogen-bond donors (Lipinski definition) is 0. The summed E-state index contributed by atoms with van der Waals surface area (Å²) in [7, 11) is 0. The summed E-state index contributed by atoms with van der Waals surface area (Å²) >= 11 is 0. The van der Waals surface area contributed by atoms with Gasteiger partial charge in [-0.3, -0.25) is 0 Å². The van der Waals surface area contributed by atoms with Gasteiger partial charge in [-0.2, -0.15) is 0 Å². The third-order valence-corrected chi connectivity index (χ3v) is 5.16. The second-order valence-corrected chi connectivity index (χ2v) is 6.57. The predicted octanol–water partition coefficient (Wildman–Crippen LogP) is 3.38. The second kappa shape index (κ2) is 5.71. The van der Waals surface area contributed by atoms with Crippen LogP contribution in [0.15, 0.2) is 18.2 Å². The standard InChI is InChI=1S/C18H24O3/c1-2-15-5-4-14(12-16(15)3-1)13-19-17-6-8-18(9-7-17)20-10-11-21-18/h4-5,12,17H,1-3,6-11,13H2.